The molecule has 21 heavy (non-hydrogen) atoms. The average Bonchev–Trinajstić information content (AvgIpc) is 2.47. The highest BCUT2D eigenvalue weighted by molar-refractivity contribution is 8.07. The topological polar surface area (TPSA) is 12.0 Å². The van der Waals surface area contributed by atoms with Gasteiger partial charge in [0.05, 0.1) is 0 Å². The van der Waals surface area contributed by atoms with E-state index in [-0.39, 0.29) is 11.3 Å². The number of benzene rings is 1. The van der Waals surface area contributed by atoms with Crippen molar-refractivity contribution in [2.45, 2.75) is 49.0 Å². The van der Waals surface area contributed by atoms with Gasteiger partial charge < -0.3 is 5.32 Å². The summed E-state index contributed by atoms with van der Waals surface area (Å²) in [4.78, 5) is 0. The second-order valence-corrected chi connectivity index (χ2v) is 8.52. The Morgan fingerprint density at radius 2 is 2.05 bits per heavy atom. The summed E-state index contributed by atoms with van der Waals surface area (Å²) in [7, 11) is 0. The van der Waals surface area contributed by atoms with Gasteiger partial charge in [-0.05, 0) is 19.0 Å². The monoisotopic (exact) mass is 331 g/mol. The Bertz CT molecular complexity index is 470. The van der Waals surface area contributed by atoms with Gasteiger partial charge in [-0.3, -0.25) is 0 Å². The molecule has 0 amide bonds. The quantitative estimate of drug-likeness (QED) is 0.845. The second kappa shape index (κ2) is 7.84. The van der Waals surface area contributed by atoms with Crippen LogP contribution in [-0.4, -0.2) is 28.0 Å². The van der Waals surface area contributed by atoms with Gasteiger partial charge in [0.15, 0.2) is 11.6 Å². The predicted octanol–water partition coefficient (Wildman–Crippen LogP) is 4.63. The molecule has 1 fully saturated rings. The van der Waals surface area contributed by atoms with Crippen molar-refractivity contribution in [3.63, 3.8) is 0 Å². The number of hydrogen-bond donors (Lipinski definition) is 1. The summed E-state index contributed by atoms with van der Waals surface area (Å²) in [6, 6.07) is 4.36. The molecule has 5 heteroatoms. The van der Waals surface area contributed by atoms with Crippen molar-refractivity contribution in [1.29, 1.82) is 0 Å². The predicted molar refractivity (Wildman–Crippen MR) is 90.2 cm³/mol. The minimum Gasteiger partial charge on any atom is -0.309 e. The molecule has 0 bridgehead atoms. The molecular formula is C16H23F2NS2. The van der Waals surface area contributed by atoms with E-state index in [0.29, 0.717) is 16.1 Å². The third-order valence-corrected chi connectivity index (χ3v) is 7.37. The Balaban J connectivity index is 2.23. The minimum absolute atomic E-state index is 0.131. The standard InChI is InChI=1S/C16H23F2NS2/c1-4-8-19-16(12-6-5-7-13(17)15(12)18)14-9-20-10(2)11(3)21-14/h5-7,10-11,14,16,19H,4,8-9H2,1-3H3. The lowest BCUT2D eigenvalue weighted by Crippen LogP contribution is -2.38. The van der Waals surface area contributed by atoms with Crippen molar-refractivity contribution in [2.75, 3.05) is 12.3 Å². The number of nitrogens with one attached hydrogen (secondary N) is 1. The van der Waals surface area contributed by atoms with E-state index in [1.807, 2.05) is 23.5 Å². The molecule has 1 nitrogen and oxygen atoms in total. The Hall–Kier alpha value is -0.260. The molecule has 0 spiro atoms. The van der Waals surface area contributed by atoms with Crippen LogP contribution in [-0.2, 0) is 0 Å². The molecule has 1 heterocycles. The first-order valence-electron chi connectivity index (χ1n) is 7.49. The zero-order valence-electron chi connectivity index (χ0n) is 12.7. The lowest BCUT2D eigenvalue weighted by molar-refractivity contribution is 0.459. The van der Waals surface area contributed by atoms with E-state index < -0.39 is 11.6 Å². The summed E-state index contributed by atoms with van der Waals surface area (Å²) in [6.45, 7) is 7.34. The Labute approximate surface area is 134 Å². The molecule has 4 unspecified atom stereocenters. The Morgan fingerprint density at radius 3 is 2.71 bits per heavy atom. The zero-order chi connectivity index (χ0) is 15.4. The highest BCUT2D eigenvalue weighted by atomic mass is 32.2. The zero-order valence-corrected chi connectivity index (χ0v) is 14.4. The van der Waals surface area contributed by atoms with E-state index >= 15 is 0 Å². The van der Waals surface area contributed by atoms with Crippen LogP contribution in [0.1, 0.15) is 38.8 Å². The van der Waals surface area contributed by atoms with E-state index in [9.17, 15) is 8.78 Å². The number of halogens is 2. The molecule has 0 aromatic heterocycles. The molecule has 1 aromatic rings. The van der Waals surface area contributed by atoms with E-state index in [1.165, 1.54) is 6.07 Å². The van der Waals surface area contributed by atoms with Crippen molar-refractivity contribution in [1.82, 2.24) is 5.32 Å². The van der Waals surface area contributed by atoms with Crippen LogP contribution >= 0.6 is 23.5 Å². The van der Waals surface area contributed by atoms with Crippen LogP contribution in [0.5, 0.6) is 0 Å². The molecule has 118 valence electrons. The molecule has 1 N–H and O–H groups in total. The van der Waals surface area contributed by atoms with Gasteiger partial charge >= 0.3 is 0 Å². The molecular weight excluding hydrogens is 308 g/mol. The van der Waals surface area contributed by atoms with Gasteiger partial charge in [-0.2, -0.15) is 23.5 Å². The summed E-state index contributed by atoms with van der Waals surface area (Å²) in [6.07, 6.45) is 0.976. The van der Waals surface area contributed by atoms with Gasteiger partial charge in [0.1, 0.15) is 0 Å². The first kappa shape index (κ1) is 17.1. The summed E-state index contributed by atoms with van der Waals surface area (Å²) in [5.74, 6) is -0.498. The summed E-state index contributed by atoms with van der Waals surface area (Å²) >= 11 is 3.81. The first-order valence-corrected chi connectivity index (χ1v) is 9.48. The third-order valence-electron chi connectivity index (χ3n) is 3.88. The molecule has 1 saturated heterocycles. The second-order valence-electron chi connectivity index (χ2n) is 5.49. The molecule has 2 rings (SSSR count). The largest absolute Gasteiger partial charge is 0.309 e. The van der Waals surface area contributed by atoms with Gasteiger partial charge in [0.2, 0.25) is 0 Å². The van der Waals surface area contributed by atoms with Crippen molar-refractivity contribution in [3.8, 4) is 0 Å². The summed E-state index contributed by atoms with van der Waals surface area (Å²) < 4.78 is 27.7. The van der Waals surface area contributed by atoms with Crippen LogP contribution in [0.4, 0.5) is 8.78 Å². The van der Waals surface area contributed by atoms with Crippen molar-refractivity contribution in [2.24, 2.45) is 0 Å². The van der Waals surface area contributed by atoms with Crippen LogP contribution in [0.2, 0.25) is 0 Å². The maximum absolute atomic E-state index is 14.2. The van der Waals surface area contributed by atoms with Crippen LogP contribution in [0, 0.1) is 11.6 Å². The van der Waals surface area contributed by atoms with E-state index in [1.54, 1.807) is 12.1 Å². The highest BCUT2D eigenvalue weighted by Gasteiger charge is 2.33. The number of rotatable bonds is 5. The van der Waals surface area contributed by atoms with Gasteiger partial charge in [-0.25, -0.2) is 8.78 Å². The molecule has 0 radical (unpaired) electrons. The van der Waals surface area contributed by atoms with Crippen LogP contribution in [0.3, 0.4) is 0 Å². The van der Waals surface area contributed by atoms with Crippen LogP contribution in [0.25, 0.3) is 0 Å². The average molecular weight is 331 g/mol. The first-order chi connectivity index (χ1) is 10.0. The maximum atomic E-state index is 14.2. The fraction of sp³-hybridized carbons (Fsp3) is 0.625. The van der Waals surface area contributed by atoms with E-state index in [2.05, 4.69) is 26.1 Å². The Morgan fingerprint density at radius 1 is 1.29 bits per heavy atom. The maximum Gasteiger partial charge on any atom is 0.163 e. The summed E-state index contributed by atoms with van der Waals surface area (Å²) in [5, 5.41) is 4.82. The minimum atomic E-state index is -0.759. The van der Waals surface area contributed by atoms with E-state index in [0.717, 1.165) is 18.7 Å². The lowest BCUT2D eigenvalue weighted by Gasteiger charge is -2.36. The SMILES string of the molecule is CCCNC(c1cccc(F)c1F)C1CSC(C)C(C)S1. The number of thioether (sulfide) groups is 2. The van der Waals surface area contributed by atoms with Crippen molar-refractivity contribution >= 4 is 23.5 Å². The summed E-state index contributed by atoms with van der Waals surface area (Å²) in [5.41, 5.74) is 0.461. The fourth-order valence-electron chi connectivity index (χ4n) is 2.48. The van der Waals surface area contributed by atoms with Crippen molar-refractivity contribution in [3.05, 3.63) is 35.4 Å². The third kappa shape index (κ3) is 4.14. The van der Waals surface area contributed by atoms with Gasteiger partial charge in [0.25, 0.3) is 0 Å². The fourth-order valence-corrected chi connectivity index (χ4v) is 5.59. The molecule has 1 aliphatic rings. The lowest BCUT2D eigenvalue weighted by atomic mass is 10.0. The van der Waals surface area contributed by atoms with E-state index in [4.69, 9.17) is 0 Å². The van der Waals surface area contributed by atoms with Gasteiger partial charge in [-0.1, -0.05) is 32.9 Å². The normalized spacial score (nSPS) is 27.6. The van der Waals surface area contributed by atoms with Crippen LogP contribution in [0.15, 0.2) is 18.2 Å². The smallest absolute Gasteiger partial charge is 0.163 e. The van der Waals surface area contributed by atoms with Crippen molar-refractivity contribution < 1.29 is 8.78 Å². The van der Waals surface area contributed by atoms with Crippen LogP contribution < -0.4 is 5.32 Å². The molecule has 4 atom stereocenters. The number of hydrogen-bond acceptors (Lipinski definition) is 3. The molecule has 0 saturated carbocycles. The molecule has 0 aliphatic carbocycles. The van der Waals surface area contributed by atoms with Gasteiger partial charge in [0, 0.05) is 33.1 Å². The van der Waals surface area contributed by atoms with Gasteiger partial charge in [-0.15, -0.1) is 0 Å². The molecule has 1 aromatic carbocycles. The Kier molecular flexibility index (Phi) is 6.38. The highest BCUT2D eigenvalue weighted by Crippen LogP contribution is 2.41. The molecule has 1 aliphatic heterocycles.